The van der Waals surface area contributed by atoms with Crippen LogP contribution in [0.5, 0.6) is 0 Å². The first kappa shape index (κ1) is 14.7. The van der Waals surface area contributed by atoms with E-state index < -0.39 is 5.54 Å². The fourth-order valence-electron chi connectivity index (χ4n) is 2.51. The number of hydrogen-bond acceptors (Lipinski definition) is 2. The Morgan fingerprint density at radius 3 is 2.70 bits per heavy atom. The summed E-state index contributed by atoms with van der Waals surface area (Å²) in [5, 5.41) is 0. The summed E-state index contributed by atoms with van der Waals surface area (Å²) in [5.41, 5.74) is 6.33. The predicted molar refractivity (Wildman–Crippen MR) is 78.8 cm³/mol. The average molecular weight is 275 g/mol. The van der Waals surface area contributed by atoms with Gasteiger partial charge in [0.05, 0.1) is 5.54 Å². The Balaban J connectivity index is 2.32. The smallest absolute Gasteiger partial charge is 0.128 e. The fraction of sp³-hybridized carbons (Fsp3) is 0.438. The van der Waals surface area contributed by atoms with E-state index in [0.717, 1.165) is 18.8 Å². The molecule has 0 aliphatic carbocycles. The maximum Gasteiger partial charge on any atom is 0.128 e. The molecule has 1 aromatic carbocycles. The first-order chi connectivity index (χ1) is 9.60. The quantitative estimate of drug-likeness (QED) is 0.879. The van der Waals surface area contributed by atoms with Gasteiger partial charge in [-0.25, -0.2) is 9.37 Å². The number of rotatable bonds is 6. The van der Waals surface area contributed by atoms with Crippen molar-refractivity contribution in [1.82, 2.24) is 9.55 Å². The molecular weight excluding hydrogens is 253 g/mol. The van der Waals surface area contributed by atoms with Crippen LogP contribution in [-0.2, 0) is 18.5 Å². The summed E-state index contributed by atoms with van der Waals surface area (Å²) in [6.45, 7) is 5.02. The SMILES string of the molecule is CCCn1ccnc1CC(N)(CC)c1ccccc1F. The zero-order valence-corrected chi connectivity index (χ0v) is 12.1. The molecule has 0 aliphatic heterocycles. The standard InChI is InChI=1S/C16H22FN3/c1-3-10-20-11-9-19-15(20)12-16(18,4-2)13-7-5-6-8-14(13)17/h5-9,11H,3-4,10,12,18H2,1-2H3. The minimum Gasteiger partial charge on any atom is -0.335 e. The fourth-order valence-corrected chi connectivity index (χ4v) is 2.51. The lowest BCUT2D eigenvalue weighted by Crippen LogP contribution is -2.40. The number of aromatic nitrogens is 2. The summed E-state index contributed by atoms with van der Waals surface area (Å²) in [6.07, 6.45) is 5.97. The molecule has 4 heteroatoms. The Morgan fingerprint density at radius 1 is 1.30 bits per heavy atom. The Hall–Kier alpha value is -1.68. The number of nitrogens with zero attached hydrogens (tertiary/aromatic N) is 2. The minimum absolute atomic E-state index is 0.245. The van der Waals surface area contributed by atoms with Crippen molar-refractivity contribution >= 4 is 0 Å². The summed E-state index contributed by atoms with van der Waals surface area (Å²) in [6, 6.07) is 6.75. The predicted octanol–water partition coefficient (Wildman–Crippen LogP) is 3.24. The highest BCUT2D eigenvalue weighted by atomic mass is 19.1. The third-order valence-electron chi connectivity index (χ3n) is 3.78. The van der Waals surface area contributed by atoms with Crippen molar-refractivity contribution in [2.45, 2.75) is 45.2 Å². The summed E-state index contributed by atoms with van der Waals surface area (Å²) in [7, 11) is 0. The second-order valence-electron chi connectivity index (χ2n) is 5.20. The molecule has 3 nitrogen and oxygen atoms in total. The van der Waals surface area contributed by atoms with Crippen LogP contribution in [0.25, 0.3) is 0 Å². The van der Waals surface area contributed by atoms with Gasteiger partial charge in [-0.3, -0.25) is 0 Å². The van der Waals surface area contributed by atoms with Gasteiger partial charge < -0.3 is 10.3 Å². The van der Waals surface area contributed by atoms with Crippen molar-refractivity contribution < 1.29 is 4.39 Å². The van der Waals surface area contributed by atoms with E-state index in [4.69, 9.17) is 5.73 Å². The van der Waals surface area contributed by atoms with Gasteiger partial charge in [-0.15, -0.1) is 0 Å². The van der Waals surface area contributed by atoms with Gasteiger partial charge in [0.25, 0.3) is 0 Å². The van der Waals surface area contributed by atoms with Gasteiger partial charge in [-0.05, 0) is 18.9 Å². The largest absolute Gasteiger partial charge is 0.335 e. The molecule has 0 spiro atoms. The van der Waals surface area contributed by atoms with Crippen molar-refractivity contribution in [1.29, 1.82) is 0 Å². The molecule has 1 heterocycles. The average Bonchev–Trinajstić information content (AvgIpc) is 2.86. The van der Waals surface area contributed by atoms with Gasteiger partial charge in [0.2, 0.25) is 0 Å². The lowest BCUT2D eigenvalue weighted by atomic mass is 9.84. The molecule has 0 saturated heterocycles. The zero-order valence-electron chi connectivity index (χ0n) is 12.1. The Morgan fingerprint density at radius 2 is 2.05 bits per heavy atom. The van der Waals surface area contributed by atoms with Crippen LogP contribution in [0.2, 0.25) is 0 Å². The number of imidazole rings is 1. The number of nitrogens with two attached hydrogens (primary N) is 1. The van der Waals surface area contributed by atoms with Crippen LogP contribution in [0.15, 0.2) is 36.7 Å². The van der Waals surface area contributed by atoms with E-state index in [1.165, 1.54) is 6.07 Å². The van der Waals surface area contributed by atoms with E-state index in [9.17, 15) is 4.39 Å². The van der Waals surface area contributed by atoms with Crippen LogP contribution in [0.1, 0.15) is 38.1 Å². The lowest BCUT2D eigenvalue weighted by Gasteiger charge is -2.29. The summed E-state index contributed by atoms with van der Waals surface area (Å²) in [5.74, 6) is 0.671. The minimum atomic E-state index is -0.720. The highest BCUT2D eigenvalue weighted by Gasteiger charge is 2.30. The molecule has 108 valence electrons. The molecule has 0 saturated carbocycles. The molecule has 0 radical (unpaired) electrons. The maximum atomic E-state index is 14.0. The number of aryl methyl sites for hydroxylation is 1. The summed E-state index contributed by atoms with van der Waals surface area (Å²) in [4.78, 5) is 4.38. The van der Waals surface area contributed by atoms with Gasteiger partial charge in [0.15, 0.2) is 0 Å². The maximum absolute atomic E-state index is 14.0. The van der Waals surface area contributed by atoms with E-state index in [-0.39, 0.29) is 5.82 Å². The monoisotopic (exact) mass is 275 g/mol. The third-order valence-corrected chi connectivity index (χ3v) is 3.78. The molecule has 1 atom stereocenters. The molecule has 0 bridgehead atoms. The van der Waals surface area contributed by atoms with Crippen LogP contribution in [-0.4, -0.2) is 9.55 Å². The first-order valence-corrected chi connectivity index (χ1v) is 7.14. The molecule has 20 heavy (non-hydrogen) atoms. The van der Waals surface area contributed by atoms with Crippen LogP contribution < -0.4 is 5.73 Å². The van der Waals surface area contributed by atoms with Crippen LogP contribution >= 0.6 is 0 Å². The first-order valence-electron chi connectivity index (χ1n) is 7.14. The van der Waals surface area contributed by atoms with Crippen molar-refractivity contribution in [3.05, 3.63) is 53.9 Å². The molecule has 2 aromatic rings. The number of halogens is 1. The lowest BCUT2D eigenvalue weighted by molar-refractivity contribution is 0.387. The van der Waals surface area contributed by atoms with E-state index in [1.54, 1.807) is 18.3 Å². The molecule has 2 rings (SSSR count). The summed E-state index contributed by atoms with van der Waals surface area (Å²) >= 11 is 0. The molecule has 0 amide bonds. The van der Waals surface area contributed by atoms with Gasteiger partial charge in [0, 0.05) is 30.9 Å². The van der Waals surface area contributed by atoms with Crippen LogP contribution in [0.3, 0.4) is 0 Å². The number of benzene rings is 1. The van der Waals surface area contributed by atoms with Gasteiger partial charge in [0.1, 0.15) is 11.6 Å². The molecular formula is C16H22FN3. The van der Waals surface area contributed by atoms with Gasteiger partial charge in [-0.1, -0.05) is 32.0 Å². The van der Waals surface area contributed by atoms with E-state index >= 15 is 0 Å². The van der Waals surface area contributed by atoms with E-state index in [1.807, 2.05) is 19.2 Å². The topological polar surface area (TPSA) is 43.8 Å². The van der Waals surface area contributed by atoms with E-state index in [2.05, 4.69) is 16.5 Å². The highest BCUT2D eigenvalue weighted by molar-refractivity contribution is 5.27. The van der Waals surface area contributed by atoms with Gasteiger partial charge in [-0.2, -0.15) is 0 Å². The molecule has 0 aliphatic rings. The Kier molecular flexibility index (Phi) is 4.55. The second kappa shape index (κ2) is 6.18. The van der Waals surface area contributed by atoms with Crippen LogP contribution in [0, 0.1) is 5.82 Å². The van der Waals surface area contributed by atoms with Crippen molar-refractivity contribution in [3.63, 3.8) is 0 Å². The molecule has 1 unspecified atom stereocenters. The second-order valence-corrected chi connectivity index (χ2v) is 5.20. The van der Waals surface area contributed by atoms with E-state index in [0.29, 0.717) is 18.4 Å². The highest BCUT2D eigenvalue weighted by Crippen LogP contribution is 2.28. The Bertz CT molecular complexity index is 564. The Labute approximate surface area is 119 Å². The van der Waals surface area contributed by atoms with Crippen LogP contribution in [0.4, 0.5) is 4.39 Å². The molecule has 0 fully saturated rings. The third kappa shape index (κ3) is 2.90. The molecule has 2 N–H and O–H groups in total. The zero-order chi connectivity index (χ0) is 14.6. The van der Waals surface area contributed by atoms with Crippen molar-refractivity contribution in [2.24, 2.45) is 5.73 Å². The van der Waals surface area contributed by atoms with Crippen molar-refractivity contribution in [3.8, 4) is 0 Å². The van der Waals surface area contributed by atoms with Gasteiger partial charge >= 0.3 is 0 Å². The normalized spacial score (nSPS) is 14.2. The number of hydrogen-bond donors (Lipinski definition) is 1. The summed E-state index contributed by atoms with van der Waals surface area (Å²) < 4.78 is 16.1. The molecule has 1 aromatic heterocycles. The van der Waals surface area contributed by atoms with Crippen molar-refractivity contribution in [2.75, 3.05) is 0 Å².